The second kappa shape index (κ2) is 8.48. The molecule has 2 aromatic rings. The van der Waals surface area contributed by atoms with Crippen molar-refractivity contribution in [1.29, 1.82) is 0 Å². The second-order valence-electron chi connectivity index (χ2n) is 6.33. The van der Waals surface area contributed by atoms with Crippen molar-refractivity contribution >= 4 is 11.6 Å². The molecule has 1 fully saturated rings. The van der Waals surface area contributed by atoms with Crippen molar-refractivity contribution < 1.29 is 0 Å². The highest BCUT2D eigenvalue weighted by Gasteiger charge is 2.14. The molecule has 0 radical (unpaired) electrons. The van der Waals surface area contributed by atoms with Crippen LogP contribution < -0.4 is 10.6 Å². The molecule has 4 heteroatoms. The topological polar surface area (TPSA) is 49.8 Å². The monoisotopic (exact) mass is 322 g/mol. The highest BCUT2D eigenvalue weighted by Crippen LogP contribution is 2.24. The number of nitrogens with zero attached hydrogens (tertiary/aromatic N) is 2. The number of hydrogen-bond acceptors (Lipinski definition) is 4. The van der Waals surface area contributed by atoms with Crippen molar-refractivity contribution in [2.24, 2.45) is 0 Å². The molecule has 0 unspecified atom stereocenters. The Labute approximate surface area is 144 Å². The molecule has 0 atom stereocenters. The van der Waals surface area contributed by atoms with E-state index in [9.17, 15) is 0 Å². The molecule has 0 saturated heterocycles. The molecule has 1 heterocycles. The van der Waals surface area contributed by atoms with Crippen LogP contribution in [0, 0.1) is 0 Å². The lowest BCUT2D eigenvalue weighted by molar-refractivity contribution is 0.617. The Morgan fingerprint density at radius 2 is 1.71 bits per heavy atom. The molecule has 0 aliphatic heterocycles. The lowest BCUT2D eigenvalue weighted by atomic mass is 10.1. The van der Waals surface area contributed by atoms with Gasteiger partial charge >= 0.3 is 0 Å². The van der Waals surface area contributed by atoms with Crippen molar-refractivity contribution in [2.45, 2.75) is 44.6 Å². The third-order valence-electron chi connectivity index (χ3n) is 4.39. The van der Waals surface area contributed by atoms with Gasteiger partial charge in [-0.3, -0.25) is 0 Å². The van der Waals surface area contributed by atoms with Crippen LogP contribution in [0.5, 0.6) is 0 Å². The zero-order valence-electron chi connectivity index (χ0n) is 14.2. The Morgan fingerprint density at radius 1 is 1.00 bits per heavy atom. The Balaban J connectivity index is 1.84. The number of rotatable bonds is 6. The Kier molecular flexibility index (Phi) is 5.83. The highest BCUT2D eigenvalue weighted by atomic mass is 15.1. The predicted octanol–water partition coefficient (Wildman–Crippen LogP) is 4.88. The standard InChI is InChI=1S/C20H26N4/c1-2-14-21-18-15-19(22-17-12-8-3-4-9-13-17)24-20(23-18)16-10-6-5-7-11-16/h2,5-7,10-11,15,17H,1,3-4,8-9,12-14H2,(H2,21,22,23,24). The van der Waals surface area contributed by atoms with Gasteiger partial charge in [-0.15, -0.1) is 6.58 Å². The molecule has 0 bridgehead atoms. The second-order valence-corrected chi connectivity index (χ2v) is 6.33. The number of anilines is 2. The largest absolute Gasteiger partial charge is 0.367 e. The van der Waals surface area contributed by atoms with Crippen molar-refractivity contribution in [2.75, 3.05) is 17.2 Å². The summed E-state index contributed by atoms with van der Waals surface area (Å²) in [5.41, 5.74) is 1.03. The van der Waals surface area contributed by atoms with Gasteiger partial charge in [0.25, 0.3) is 0 Å². The lowest BCUT2D eigenvalue weighted by Gasteiger charge is -2.18. The summed E-state index contributed by atoms with van der Waals surface area (Å²) in [5.74, 6) is 2.49. The van der Waals surface area contributed by atoms with Gasteiger partial charge in [-0.1, -0.05) is 62.1 Å². The number of hydrogen-bond donors (Lipinski definition) is 2. The highest BCUT2D eigenvalue weighted by molar-refractivity contribution is 5.61. The smallest absolute Gasteiger partial charge is 0.163 e. The maximum absolute atomic E-state index is 4.75. The fraction of sp³-hybridized carbons (Fsp3) is 0.400. The lowest BCUT2D eigenvalue weighted by Crippen LogP contribution is -2.19. The molecule has 3 rings (SSSR count). The minimum atomic E-state index is 0.512. The predicted molar refractivity (Wildman–Crippen MR) is 101 cm³/mol. The molecule has 2 N–H and O–H groups in total. The minimum absolute atomic E-state index is 0.512. The summed E-state index contributed by atoms with van der Waals surface area (Å²) < 4.78 is 0. The average molecular weight is 322 g/mol. The molecule has 0 amide bonds. The molecule has 1 aliphatic rings. The van der Waals surface area contributed by atoms with Crippen LogP contribution in [-0.4, -0.2) is 22.6 Å². The molecule has 1 aromatic heterocycles. The number of benzene rings is 1. The summed E-state index contributed by atoms with van der Waals surface area (Å²) in [6.45, 7) is 4.45. The van der Waals surface area contributed by atoms with Crippen LogP contribution in [0.25, 0.3) is 11.4 Å². The van der Waals surface area contributed by atoms with Crippen molar-refractivity contribution in [3.63, 3.8) is 0 Å². The summed E-state index contributed by atoms with van der Waals surface area (Å²) in [7, 11) is 0. The van der Waals surface area contributed by atoms with Crippen molar-refractivity contribution in [1.82, 2.24) is 9.97 Å². The van der Waals surface area contributed by atoms with E-state index >= 15 is 0 Å². The van der Waals surface area contributed by atoms with Gasteiger partial charge < -0.3 is 10.6 Å². The van der Waals surface area contributed by atoms with Crippen LogP contribution in [0.3, 0.4) is 0 Å². The maximum atomic E-state index is 4.75. The van der Waals surface area contributed by atoms with Gasteiger partial charge in [-0.25, -0.2) is 9.97 Å². The first kappa shape index (κ1) is 16.5. The molecule has 0 spiro atoms. The Bertz CT molecular complexity index is 646. The van der Waals surface area contributed by atoms with Crippen molar-refractivity contribution in [3.8, 4) is 11.4 Å². The number of nitrogens with one attached hydrogen (secondary N) is 2. The van der Waals surface area contributed by atoms with Gasteiger partial charge in [0.1, 0.15) is 11.6 Å². The summed E-state index contributed by atoms with van der Waals surface area (Å²) in [6, 6.07) is 12.6. The Hall–Kier alpha value is -2.36. The molecule has 4 nitrogen and oxygen atoms in total. The first-order valence-electron chi connectivity index (χ1n) is 8.91. The van der Waals surface area contributed by atoms with Crippen LogP contribution in [0.2, 0.25) is 0 Å². The molecule has 126 valence electrons. The van der Waals surface area contributed by atoms with E-state index < -0.39 is 0 Å². The summed E-state index contributed by atoms with van der Waals surface area (Å²) in [6.07, 6.45) is 9.58. The first-order valence-corrected chi connectivity index (χ1v) is 8.91. The Morgan fingerprint density at radius 3 is 2.42 bits per heavy atom. The van der Waals surface area contributed by atoms with E-state index in [-0.39, 0.29) is 0 Å². The third kappa shape index (κ3) is 4.57. The van der Waals surface area contributed by atoms with Gasteiger partial charge in [-0.2, -0.15) is 0 Å². The van der Waals surface area contributed by atoms with Crippen LogP contribution in [0.15, 0.2) is 49.1 Å². The van der Waals surface area contributed by atoms with Crippen LogP contribution in [0.1, 0.15) is 38.5 Å². The van der Waals surface area contributed by atoms with E-state index in [0.29, 0.717) is 12.6 Å². The van der Waals surface area contributed by atoms with E-state index in [1.807, 2.05) is 42.5 Å². The van der Waals surface area contributed by atoms with E-state index in [1.165, 1.54) is 38.5 Å². The zero-order valence-corrected chi connectivity index (χ0v) is 14.2. The fourth-order valence-electron chi connectivity index (χ4n) is 3.14. The molecule has 1 saturated carbocycles. The molecule has 24 heavy (non-hydrogen) atoms. The van der Waals surface area contributed by atoms with E-state index in [1.54, 1.807) is 0 Å². The number of aromatic nitrogens is 2. The van der Waals surface area contributed by atoms with Crippen molar-refractivity contribution in [3.05, 3.63) is 49.1 Å². The zero-order chi connectivity index (χ0) is 16.6. The SMILES string of the molecule is C=CCNc1cc(NC2CCCCCC2)nc(-c2ccccc2)n1. The average Bonchev–Trinajstić information content (AvgIpc) is 2.89. The molecular weight excluding hydrogens is 296 g/mol. The van der Waals surface area contributed by atoms with Gasteiger partial charge in [-0.05, 0) is 12.8 Å². The van der Waals surface area contributed by atoms with Gasteiger partial charge in [0.2, 0.25) is 0 Å². The summed E-state index contributed by atoms with van der Waals surface area (Å²) >= 11 is 0. The first-order chi connectivity index (χ1) is 11.8. The van der Waals surface area contributed by atoms with E-state index in [4.69, 9.17) is 4.98 Å². The van der Waals surface area contributed by atoms with Crippen LogP contribution in [0.4, 0.5) is 11.6 Å². The molecular formula is C20H26N4. The molecule has 1 aliphatic carbocycles. The third-order valence-corrected chi connectivity index (χ3v) is 4.39. The normalized spacial score (nSPS) is 15.5. The fourth-order valence-corrected chi connectivity index (χ4v) is 3.14. The maximum Gasteiger partial charge on any atom is 0.163 e. The van der Waals surface area contributed by atoms with Gasteiger partial charge in [0.05, 0.1) is 0 Å². The summed E-state index contributed by atoms with van der Waals surface area (Å²) in [4.78, 5) is 9.39. The quantitative estimate of drug-likeness (QED) is 0.588. The van der Waals surface area contributed by atoms with E-state index in [2.05, 4.69) is 22.2 Å². The summed E-state index contributed by atoms with van der Waals surface area (Å²) in [5, 5.41) is 6.92. The van der Waals surface area contributed by atoms with Gasteiger partial charge in [0, 0.05) is 24.2 Å². The minimum Gasteiger partial charge on any atom is -0.367 e. The van der Waals surface area contributed by atoms with Crippen LogP contribution in [-0.2, 0) is 0 Å². The van der Waals surface area contributed by atoms with E-state index in [0.717, 1.165) is 23.0 Å². The van der Waals surface area contributed by atoms with Gasteiger partial charge in [0.15, 0.2) is 5.82 Å². The molecule has 1 aromatic carbocycles. The van der Waals surface area contributed by atoms with Crippen LogP contribution >= 0.6 is 0 Å².